The van der Waals surface area contributed by atoms with Gasteiger partial charge in [0, 0.05) is 35.4 Å². The molecular weight excluding hydrogens is 402 g/mol. The summed E-state index contributed by atoms with van der Waals surface area (Å²) in [6, 6.07) is 2.64. The summed E-state index contributed by atoms with van der Waals surface area (Å²) in [5, 5.41) is 6.01. The zero-order valence-electron chi connectivity index (χ0n) is 18.5. The summed E-state index contributed by atoms with van der Waals surface area (Å²) >= 11 is 1.82. The van der Waals surface area contributed by atoms with E-state index in [1.807, 2.05) is 11.3 Å². The van der Waals surface area contributed by atoms with E-state index >= 15 is 0 Å². The molecule has 0 radical (unpaired) electrons. The standard InChI is InChI=1S/C22H35N3O4S/c1-14(2)20-16(6-5-9-24-22(27)28-4)12-19(30-20)15(3)25(17-7-8-17)21(26)18-13-23-10-11-29-18/h12,14-15,17-18,23H,5-11,13H2,1-4H3,(H,24,27)/t15?,18-/m1/s1. The SMILES string of the molecule is COC(=O)NCCCc1cc(C(C)N(C(=O)[C@H]2CNCCO2)C2CC2)sc1C(C)C. The Balaban J connectivity index is 1.70. The van der Waals surface area contributed by atoms with Crippen molar-refractivity contribution in [2.45, 2.75) is 70.6 Å². The van der Waals surface area contributed by atoms with Crippen LogP contribution in [0.25, 0.3) is 0 Å². The number of thiophene rings is 1. The van der Waals surface area contributed by atoms with E-state index in [9.17, 15) is 9.59 Å². The summed E-state index contributed by atoms with van der Waals surface area (Å²) in [7, 11) is 1.38. The van der Waals surface area contributed by atoms with Crippen LogP contribution in [0.2, 0.25) is 0 Å². The van der Waals surface area contributed by atoms with Gasteiger partial charge in [0.1, 0.15) is 6.10 Å². The summed E-state index contributed by atoms with van der Waals surface area (Å²) in [5.74, 6) is 0.538. The lowest BCUT2D eigenvalue weighted by Gasteiger charge is -2.33. The van der Waals surface area contributed by atoms with Gasteiger partial charge in [-0.1, -0.05) is 13.8 Å². The molecule has 2 N–H and O–H groups in total. The highest BCUT2D eigenvalue weighted by Crippen LogP contribution is 2.40. The number of alkyl carbamates (subject to hydrolysis) is 1. The second-order valence-electron chi connectivity index (χ2n) is 8.43. The van der Waals surface area contributed by atoms with E-state index in [4.69, 9.17) is 4.74 Å². The van der Waals surface area contributed by atoms with Gasteiger partial charge in [0.05, 0.1) is 19.8 Å². The van der Waals surface area contributed by atoms with E-state index in [1.165, 1.54) is 22.4 Å². The summed E-state index contributed by atoms with van der Waals surface area (Å²) < 4.78 is 10.4. The number of hydrogen-bond donors (Lipinski definition) is 2. The van der Waals surface area contributed by atoms with Gasteiger partial charge in [0.15, 0.2) is 0 Å². The lowest BCUT2D eigenvalue weighted by Crippen LogP contribution is -2.50. The Morgan fingerprint density at radius 2 is 2.13 bits per heavy atom. The van der Waals surface area contributed by atoms with Gasteiger partial charge in [-0.25, -0.2) is 4.79 Å². The third-order valence-electron chi connectivity index (χ3n) is 5.69. The molecule has 1 aliphatic heterocycles. The third kappa shape index (κ3) is 5.74. The fourth-order valence-electron chi connectivity index (χ4n) is 3.96. The van der Waals surface area contributed by atoms with Crippen LogP contribution in [0.1, 0.15) is 67.3 Å². The highest BCUT2D eigenvalue weighted by Gasteiger charge is 2.40. The molecule has 1 aromatic heterocycles. The summed E-state index contributed by atoms with van der Waals surface area (Å²) in [5.41, 5.74) is 1.32. The Bertz CT molecular complexity index is 726. The maximum Gasteiger partial charge on any atom is 0.406 e. The van der Waals surface area contributed by atoms with Gasteiger partial charge < -0.3 is 25.0 Å². The predicted octanol–water partition coefficient (Wildman–Crippen LogP) is 3.20. The van der Waals surface area contributed by atoms with Crippen molar-refractivity contribution in [1.29, 1.82) is 0 Å². The van der Waals surface area contributed by atoms with Crippen molar-refractivity contribution in [3.8, 4) is 0 Å². The van der Waals surface area contributed by atoms with E-state index in [1.54, 1.807) is 0 Å². The van der Waals surface area contributed by atoms with Crippen LogP contribution in [-0.2, 0) is 20.7 Å². The molecule has 0 spiro atoms. The molecule has 1 aliphatic carbocycles. The van der Waals surface area contributed by atoms with Gasteiger partial charge in [0.2, 0.25) is 0 Å². The monoisotopic (exact) mass is 437 g/mol. The smallest absolute Gasteiger partial charge is 0.406 e. The Kier molecular flexibility index (Phi) is 8.13. The number of morpholine rings is 1. The van der Waals surface area contributed by atoms with Crippen molar-refractivity contribution in [2.24, 2.45) is 0 Å². The quantitative estimate of drug-likeness (QED) is 0.580. The van der Waals surface area contributed by atoms with Gasteiger partial charge in [0.25, 0.3) is 5.91 Å². The van der Waals surface area contributed by atoms with Gasteiger partial charge >= 0.3 is 6.09 Å². The molecule has 3 rings (SSSR count). The molecule has 2 aliphatic rings. The maximum absolute atomic E-state index is 13.2. The number of carbonyl (C=O) groups excluding carboxylic acids is 2. The van der Waals surface area contributed by atoms with Crippen LogP contribution in [0, 0.1) is 0 Å². The Hall–Kier alpha value is -1.64. The molecule has 2 heterocycles. The fraction of sp³-hybridized carbons (Fsp3) is 0.727. The molecule has 0 aromatic carbocycles. The number of nitrogens with zero attached hydrogens (tertiary/aromatic N) is 1. The van der Waals surface area contributed by atoms with Crippen molar-refractivity contribution in [3.63, 3.8) is 0 Å². The number of carbonyl (C=O) groups is 2. The molecule has 2 atom stereocenters. The van der Waals surface area contributed by atoms with E-state index < -0.39 is 6.09 Å². The number of ether oxygens (including phenoxy) is 2. The van der Waals surface area contributed by atoms with E-state index in [-0.39, 0.29) is 18.1 Å². The van der Waals surface area contributed by atoms with Crippen LogP contribution in [0.5, 0.6) is 0 Å². The molecule has 30 heavy (non-hydrogen) atoms. The number of methoxy groups -OCH3 is 1. The molecule has 1 saturated carbocycles. The van der Waals surface area contributed by atoms with Crippen LogP contribution >= 0.6 is 11.3 Å². The average molecular weight is 438 g/mol. The first-order valence-electron chi connectivity index (χ1n) is 11.0. The Morgan fingerprint density at radius 3 is 2.73 bits per heavy atom. The molecule has 1 unspecified atom stereocenters. The predicted molar refractivity (Wildman–Crippen MR) is 118 cm³/mol. The lowest BCUT2D eigenvalue weighted by molar-refractivity contribution is -0.148. The van der Waals surface area contributed by atoms with Gasteiger partial charge in [-0.15, -0.1) is 11.3 Å². The molecule has 168 valence electrons. The molecule has 8 heteroatoms. The number of amides is 2. The Labute approximate surface area is 183 Å². The topological polar surface area (TPSA) is 79.9 Å². The van der Waals surface area contributed by atoms with Crippen molar-refractivity contribution >= 4 is 23.3 Å². The highest BCUT2D eigenvalue weighted by atomic mass is 32.1. The zero-order valence-corrected chi connectivity index (χ0v) is 19.3. The van der Waals surface area contributed by atoms with Crippen molar-refractivity contribution < 1.29 is 19.1 Å². The second-order valence-corrected chi connectivity index (χ2v) is 9.55. The summed E-state index contributed by atoms with van der Waals surface area (Å²) in [6.45, 7) is 9.14. The number of rotatable bonds is 9. The van der Waals surface area contributed by atoms with E-state index in [0.29, 0.717) is 31.7 Å². The van der Waals surface area contributed by atoms with Crippen LogP contribution in [0.4, 0.5) is 4.79 Å². The van der Waals surface area contributed by atoms with Crippen LogP contribution in [0.3, 0.4) is 0 Å². The van der Waals surface area contributed by atoms with Crippen molar-refractivity contribution in [2.75, 3.05) is 33.4 Å². The molecule has 2 fully saturated rings. The number of nitrogens with one attached hydrogen (secondary N) is 2. The van der Waals surface area contributed by atoms with Gasteiger partial charge in [-0.2, -0.15) is 0 Å². The summed E-state index contributed by atoms with van der Waals surface area (Å²) in [4.78, 5) is 29.2. The molecule has 7 nitrogen and oxygen atoms in total. The first-order valence-corrected chi connectivity index (χ1v) is 11.8. The van der Waals surface area contributed by atoms with E-state index in [0.717, 1.165) is 32.2 Å². The average Bonchev–Trinajstić information content (AvgIpc) is 3.48. The largest absolute Gasteiger partial charge is 0.453 e. The molecule has 1 saturated heterocycles. The number of hydrogen-bond acceptors (Lipinski definition) is 6. The third-order valence-corrected chi connectivity index (χ3v) is 7.34. The van der Waals surface area contributed by atoms with Crippen LogP contribution in [0.15, 0.2) is 6.07 Å². The normalized spacial score (nSPS) is 20.1. The number of aryl methyl sites for hydroxylation is 1. The maximum atomic E-state index is 13.2. The summed E-state index contributed by atoms with van der Waals surface area (Å²) in [6.07, 6.45) is 3.13. The second kappa shape index (κ2) is 10.6. The Morgan fingerprint density at radius 1 is 1.37 bits per heavy atom. The lowest BCUT2D eigenvalue weighted by atomic mass is 10.0. The molecular formula is C22H35N3O4S. The van der Waals surface area contributed by atoms with Crippen molar-refractivity contribution in [1.82, 2.24) is 15.5 Å². The minimum Gasteiger partial charge on any atom is -0.453 e. The molecule has 0 bridgehead atoms. The van der Waals surface area contributed by atoms with Crippen LogP contribution < -0.4 is 10.6 Å². The van der Waals surface area contributed by atoms with E-state index in [2.05, 4.69) is 47.1 Å². The molecule has 2 amide bonds. The first kappa shape index (κ1) is 23.0. The first-order chi connectivity index (χ1) is 14.4. The molecule has 1 aromatic rings. The van der Waals surface area contributed by atoms with Gasteiger partial charge in [-0.3, -0.25) is 4.79 Å². The zero-order chi connectivity index (χ0) is 21.7. The fourth-order valence-corrected chi connectivity index (χ4v) is 5.23. The van der Waals surface area contributed by atoms with Crippen LogP contribution in [-0.4, -0.2) is 62.4 Å². The minimum absolute atomic E-state index is 0.0416. The van der Waals surface area contributed by atoms with Gasteiger partial charge in [-0.05, 0) is 50.2 Å². The highest BCUT2D eigenvalue weighted by molar-refractivity contribution is 7.12. The van der Waals surface area contributed by atoms with Crippen molar-refractivity contribution in [3.05, 3.63) is 21.4 Å². The minimum atomic E-state index is -0.392.